The predicted octanol–water partition coefficient (Wildman–Crippen LogP) is 0.356. The van der Waals surface area contributed by atoms with Gasteiger partial charge >= 0.3 is 0 Å². The minimum absolute atomic E-state index is 0.0769. The van der Waals surface area contributed by atoms with Crippen LogP contribution in [0.1, 0.15) is 51.0 Å². The first-order chi connectivity index (χ1) is 19.1. The molecule has 6 N–H and O–H groups in total. The van der Waals surface area contributed by atoms with E-state index < -0.39 is 11.8 Å². The fraction of sp³-hybridized carbons (Fsp3) is 0.440. The molecule has 0 aliphatic carbocycles. The molecule has 15 heteroatoms. The Labute approximate surface area is 232 Å². The number of hydrogen-bond donors (Lipinski definition) is 5. The number of hydrogen-bond acceptors (Lipinski definition) is 8. The lowest BCUT2D eigenvalue weighted by Gasteiger charge is -2.16. The summed E-state index contributed by atoms with van der Waals surface area (Å²) in [4.78, 5) is 59.3. The Kier molecular flexibility index (Phi) is 10.6. The summed E-state index contributed by atoms with van der Waals surface area (Å²) in [7, 11) is 6.99. The van der Waals surface area contributed by atoms with Crippen LogP contribution in [0.25, 0.3) is 0 Å². The van der Waals surface area contributed by atoms with E-state index in [1.54, 1.807) is 42.7 Å². The Bertz CT molecular complexity index is 1340. The van der Waals surface area contributed by atoms with Gasteiger partial charge in [-0.2, -0.15) is 0 Å². The van der Waals surface area contributed by atoms with Gasteiger partial charge in [0, 0.05) is 46.3 Å². The molecule has 216 valence electrons. The Balaban J connectivity index is 1.54. The highest BCUT2D eigenvalue weighted by Crippen LogP contribution is 2.17. The second kappa shape index (κ2) is 14.0. The first-order valence-electron chi connectivity index (χ1n) is 12.9. The molecule has 3 rings (SSSR count). The third-order valence-electron chi connectivity index (χ3n) is 6.10. The number of imidazole rings is 2. The van der Waals surface area contributed by atoms with Crippen molar-refractivity contribution in [1.29, 1.82) is 0 Å². The molecule has 0 aromatic carbocycles. The van der Waals surface area contributed by atoms with Crippen molar-refractivity contribution in [2.45, 2.75) is 19.3 Å². The van der Waals surface area contributed by atoms with E-state index in [4.69, 9.17) is 5.73 Å². The summed E-state index contributed by atoms with van der Waals surface area (Å²) in [5, 5.41) is 10.6. The van der Waals surface area contributed by atoms with Crippen molar-refractivity contribution in [1.82, 2.24) is 33.9 Å². The lowest BCUT2D eigenvalue weighted by molar-refractivity contribution is -0.105. The zero-order chi connectivity index (χ0) is 29.2. The highest BCUT2D eigenvalue weighted by atomic mass is 16.2. The van der Waals surface area contributed by atoms with Gasteiger partial charge in [-0.15, -0.1) is 0 Å². The standard InChI is InChI=1S/C25H37N11O4/c1-33(10-6-5-8-26)11-7-9-27-24(39)21-31-20(15-36(21)4)32-23(38)18-12-17(13-34(18)2)29-25(40)22-30-19(28-16-37)14-35(22)3/h12-16H,5-11,26H2,1-4H3,(H,27,39)(H,28,37)(H,29,40)(H,32,38). The third-order valence-corrected chi connectivity index (χ3v) is 6.10. The number of rotatable bonds is 15. The quantitative estimate of drug-likeness (QED) is 0.131. The number of carbonyl (C=O) groups is 4. The van der Waals surface area contributed by atoms with Crippen molar-refractivity contribution in [3.63, 3.8) is 0 Å². The number of unbranched alkanes of at least 4 members (excludes halogenated alkanes) is 1. The fourth-order valence-electron chi connectivity index (χ4n) is 4.04. The Morgan fingerprint density at radius 1 is 0.875 bits per heavy atom. The normalized spacial score (nSPS) is 10.9. The first-order valence-corrected chi connectivity index (χ1v) is 12.9. The van der Waals surface area contributed by atoms with Crippen LogP contribution < -0.4 is 27.0 Å². The van der Waals surface area contributed by atoms with Crippen molar-refractivity contribution in [3.05, 3.63) is 42.0 Å². The maximum atomic E-state index is 12.9. The molecule has 3 heterocycles. The number of anilines is 3. The van der Waals surface area contributed by atoms with Crippen molar-refractivity contribution < 1.29 is 19.2 Å². The van der Waals surface area contributed by atoms with E-state index in [0.29, 0.717) is 25.2 Å². The average Bonchev–Trinajstić information content (AvgIpc) is 3.57. The summed E-state index contributed by atoms with van der Waals surface area (Å²) < 4.78 is 4.56. The van der Waals surface area contributed by atoms with Gasteiger partial charge in [-0.3, -0.25) is 19.2 Å². The van der Waals surface area contributed by atoms with Gasteiger partial charge in [0.2, 0.25) is 18.1 Å². The molecule has 3 aromatic heterocycles. The number of nitrogens with two attached hydrogens (primary N) is 1. The highest BCUT2D eigenvalue weighted by Gasteiger charge is 2.19. The summed E-state index contributed by atoms with van der Waals surface area (Å²) >= 11 is 0. The van der Waals surface area contributed by atoms with Crippen molar-refractivity contribution >= 4 is 41.5 Å². The number of nitrogens with zero attached hydrogens (tertiary/aromatic N) is 6. The van der Waals surface area contributed by atoms with Crippen LogP contribution in [0.3, 0.4) is 0 Å². The van der Waals surface area contributed by atoms with E-state index in [-0.39, 0.29) is 34.9 Å². The molecule has 0 saturated heterocycles. The van der Waals surface area contributed by atoms with Gasteiger partial charge in [-0.05, 0) is 52.0 Å². The number of amides is 4. The van der Waals surface area contributed by atoms with Crippen LogP contribution in [0.4, 0.5) is 17.3 Å². The van der Waals surface area contributed by atoms with Crippen molar-refractivity contribution in [3.8, 4) is 0 Å². The molecule has 0 atom stereocenters. The largest absolute Gasteiger partial charge is 0.349 e. The van der Waals surface area contributed by atoms with E-state index in [2.05, 4.69) is 36.1 Å². The Morgan fingerprint density at radius 2 is 1.52 bits per heavy atom. The molecular formula is C25H37N11O4. The third kappa shape index (κ3) is 8.00. The SMILES string of the molecule is CN(CCCCN)CCCNC(=O)c1nc(NC(=O)c2cc(NC(=O)c3nc(NC=O)cn3C)cn2C)cn1C. The van der Waals surface area contributed by atoms with Gasteiger partial charge in [0.15, 0.2) is 11.6 Å². The molecule has 15 nitrogen and oxygen atoms in total. The fourth-order valence-corrected chi connectivity index (χ4v) is 4.04. The summed E-state index contributed by atoms with van der Waals surface area (Å²) in [5.74, 6) is -0.623. The summed E-state index contributed by atoms with van der Waals surface area (Å²) in [5.41, 5.74) is 6.15. The van der Waals surface area contributed by atoms with Gasteiger partial charge in [0.1, 0.15) is 5.69 Å². The molecule has 0 radical (unpaired) electrons. The van der Waals surface area contributed by atoms with Crippen LogP contribution in [0, 0.1) is 0 Å². The Morgan fingerprint density at radius 3 is 2.23 bits per heavy atom. The molecule has 0 bridgehead atoms. The summed E-state index contributed by atoms with van der Waals surface area (Å²) in [6.45, 7) is 3.01. The highest BCUT2D eigenvalue weighted by molar-refractivity contribution is 6.06. The predicted molar refractivity (Wildman–Crippen MR) is 150 cm³/mol. The van der Waals surface area contributed by atoms with Crippen LogP contribution in [-0.4, -0.2) is 85.9 Å². The molecule has 0 fully saturated rings. The zero-order valence-corrected chi connectivity index (χ0v) is 23.2. The second-order valence-electron chi connectivity index (χ2n) is 9.43. The van der Waals surface area contributed by atoms with Gasteiger partial charge in [0.25, 0.3) is 17.7 Å². The molecule has 3 aromatic rings. The van der Waals surface area contributed by atoms with E-state index in [9.17, 15) is 19.2 Å². The summed E-state index contributed by atoms with van der Waals surface area (Å²) in [6.07, 6.45) is 7.93. The number of carbonyl (C=O) groups excluding carboxylic acids is 4. The molecule has 0 spiro atoms. The topological polar surface area (TPSA) is 186 Å². The van der Waals surface area contributed by atoms with E-state index >= 15 is 0 Å². The Hall–Kier alpha value is -4.50. The first kappa shape index (κ1) is 30.0. The lowest BCUT2D eigenvalue weighted by Crippen LogP contribution is -2.30. The van der Waals surface area contributed by atoms with Crippen LogP contribution in [0.5, 0.6) is 0 Å². The van der Waals surface area contributed by atoms with Crippen molar-refractivity contribution in [2.75, 3.05) is 49.2 Å². The number of aryl methyl sites for hydroxylation is 3. The minimum Gasteiger partial charge on any atom is -0.349 e. The molecule has 0 aliphatic rings. The molecule has 0 aliphatic heterocycles. The molecule has 0 unspecified atom stereocenters. The van der Waals surface area contributed by atoms with Crippen LogP contribution in [0.15, 0.2) is 24.7 Å². The smallest absolute Gasteiger partial charge is 0.291 e. The summed E-state index contributed by atoms with van der Waals surface area (Å²) in [6, 6.07) is 1.50. The minimum atomic E-state index is -0.516. The second-order valence-corrected chi connectivity index (χ2v) is 9.43. The van der Waals surface area contributed by atoms with Gasteiger partial charge in [0.05, 0.1) is 5.69 Å². The molecule has 4 amide bonds. The van der Waals surface area contributed by atoms with Crippen LogP contribution >= 0.6 is 0 Å². The zero-order valence-electron chi connectivity index (χ0n) is 23.2. The monoisotopic (exact) mass is 555 g/mol. The average molecular weight is 556 g/mol. The van der Waals surface area contributed by atoms with E-state index in [1.807, 2.05) is 7.05 Å². The molecule has 0 saturated carbocycles. The van der Waals surface area contributed by atoms with Crippen molar-refractivity contribution in [2.24, 2.45) is 26.9 Å². The van der Waals surface area contributed by atoms with Gasteiger partial charge < -0.3 is 45.6 Å². The number of aromatic nitrogens is 5. The van der Waals surface area contributed by atoms with Crippen LogP contribution in [-0.2, 0) is 25.9 Å². The van der Waals surface area contributed by atoms with Crippen LogP contribution in [0.2, 0.25) is 0 Å². The lowest BCUT2D eigenvalue weighted by atomic mass is 10.3. The maximum absolute atomic E-state index is 12.9. The van der Waals surface area contributed by atoms with Gasteiger partial charge in [-0.1, -0.05) is 0 Å². The molecule has 40 heavy (non-hydrogen) atoms. The molecular weight excluding hydrogens is 518 g/mol. The maximum Gasteiger partial charge on any atom is 0.291 e. The van der Waals surface area contributed by atoms with E-state index in [1.165, 1.54) is 16.8 Å². The van der Waals surface area contributed by atoms with Gasteiger partial charge in [-0.25, -0.2) is 9.97 Å². The number of nitrogens with one attached hydrogen (secondary N) is 4. The van der Waals surface area contributed by atoms with E-state index in [0.717, 1.165) is 32.4 Å².